The molecular weight excluding hydrogens is 312 g/mol. The van der Waals surface area contributed by atoms with Crippen LogP contribution in [-0.2, 0) is 0 Å². The standard InChI is InChI=1S/C26H54/c1-6-8-10-12-13-14-15-18-22-25(21-17-11-9-7-2)23-19-16-20-24-26(3,4)5/h25H,6-24H2,1-5H3. The van der Waals surface area contributed by atoms with Gasteiger partial charge in [0.1, 0.15) is 0 Å². The lowest BCUT2D eigenvalue weighted by molar-refractivity contribution is 0.338. The summed E-state index contributed by atoms with van der Waals surface area (Å²) < 4.78 is 0. The Bertz CT molecular complexity index is 260. The van der Waals surface area contributed by atoms with Gasteiger partial charge in [-0.3, -0.25) is 0 Å². The van der Waals surface area contributed by atoms with Crippen molar-refractivity contribution >= 4 is 0 Å². The highest BCUT2D eigenvalue weighted by atomic mass is 14.2. The second kappa shape index (κ2) is 18.4. The molecule has 0 saturated heterocycles. The summed E-state index contributed by atoms with van der Waals surface area (Å²) >= 11 is 0. The van der Waals surface area contributed by atoms with Crippen LogP contribution in [-0.4, -0.2) is 0 Å². The van der Waals surface area contributed by atoms with E-state index in [4.69, 9.17) is 0 Å². The van der Waals surface area contributed by atoms with Crippen molar-refractivity contribution in [3.8, 4) is 0 Å². The summed E-state index contributed by atoms with van der Waals surface area (Å²) in [7, 11) is 0. The second-order valence-corrected chi connectivity index (χ2v) is 10.1. The fourth-order valence-electron chi connectivity index (χ4n) is 4.12. The van der Waals surface area contributed by atoms with E-state index in [1.165, 1.54) is 122 Å². The Balaban J connectivity index is 3.80. The predicted octanol–water partition coefficient (Wildman–Crippen LogP) is 10.1. The molecular formula is C26H54. The highest BCUT2D eigenvalue weighted by molar-refractivity contribution is 4.64. The van der Waals surface area contributed by atoms with Gasteiger partial charge in [-0.25, -0.2) is 0 Å². The molecule has 26 heavy (non-hydrogen) atoms. The molecule has 0 aromatic heterocycles. The summed E-state index contributed by atoms with van der Waals surface area (Å²) in [5.41, 5.74) is 0.524. The second-order valence-electron chi connectivity index (χ2n) is 10.1. The Morgan fingerprint density at radius 2 is 0.808 bits per heavy atom. The summed E-state index contributed by atoms with van der Waals surface area (Å²) in [5.74, 6) is 1.03. The van der Waals surface area contributed by atoms with Gasteiger partial charge < -0.3 is 0 Å². The fraction of sp³-hybridized carbons (Fsp3) is 1.00. The summed E-state index contributed by atoms with van der Waals surface area (Å²) in [4.78, 5) is 0. The zero-order chi connectivity index (χ0) is 19.5. The fourth-order valence-corrected chi connectivity index (χ4v) is 4.12. The first-order chi connectivity index (χ1) is 12.5. The molecule has 0 heteroatoms. The first kappa shape index (κ1) is 26.0. The molecule has 158 valence electrons. The van der Waals surface area contributed by atoms with Crippen LogP contribution in [0.3, 0.4) is 0 Å². The molecule has 0 aliphatic rings. The van der Waals surface area contributed by atoms with Gasteiger partial charge in [0, 0.05) is 0 Å². The Morgan fingerprint density at radius 3 is 1.23 bits per heavy atom. The first-order valence-corrected chi connectivity index (χ1v) is 12.5. The van der Waals surface area contributed by atoms with Crippen molar-refractivity contribution in [2.45, 2.75) is 157 Å². The molecule has 0 spiro atoms. The third kappa shape index (κ3) is 20.3. The van der Waals surface area contributed by atoms with E-state index in [0.717, 1.165) is 5.92 Å². The molecule has 0 aromatic rings. The number of rotatable bonds is 19. The molecule has 1 atom stereocenters. The van der Waals surface area contributed by atoms with Crippen molar-refractivity contribution in [2.75, 3.05) is 0 Å². The third-order valence-corrected chi connectivity index (χ3v) is 5.97. The van der Waals surface area contributed by atoms with Crippen LogP contribution in [0.5, 0.6) is 0 Å². The van der Waals surface area contributed by atoms with E-state index in [1.807, 2.05) is 0 Å². The van der Waals surface area contributed by atoms with Gasteiger partial charge in [0.15, 0.2) is 0 Å². The molecule has 0 bridgehead atoms. The van der Waals surface area contributed by atoms with Crippen molar-refractivity contribution in [1.29, 1.82) is 0 Å². The van der Waals surface area contributed by atoms with Gasteiger partial charge in [-0.15, -0.1) is 0 Å². The highest BCUT2D eigenvalue weighted by Crippen LogP contribution is 2.26. The van der Waals surface area contributed by atoms with Gasteiger partial charge >= 0.3 is 0 Å². The largest absolute Gasteiger partial charge is 0.0654 e. The minimum Gasteiger partial charge on any atom is -0.0654 e. The van der Waals surface area contributed by atoms with Crippen molar-refractivity contribution in [3.05, 3.63) is 0 Å². The van der Waals surface area contributed by atoms with Crippen LogP contribution < -0.4 is 0 Å². The average molecular weight is 367 g/mol. The zero-order valence-corrected chi connectivity index (χ0v) is 19.5. The van der Waals surface area contributed by atoms with E-state index < -0.39 is 0 Å². The van der Waals surface area contributed by atoms with Gasteiger partial charge in [0.25, 0.3) is 0 Å². The zero-order valence-electron chi connectivity index (χ0n) is 19.5. The smallest absolute Gasteiger partial charge is 0.0383 e. The van der Waals surface area contributed by atoms with Crippen LogP contribution >= 0.6 is 0 Å². The molecule has 0 radical (unpaired) electrons. The van der Waals surface area contributed by atoms with Crippen LogP contribution in [0.1, 0.15) is 157 Å². The van der Waals surface area contributed by atoms with Crippen molar-refractivity contribution in [2.24, 2.45) is 11.3 Å². The molecule has 1 unspecified atom stereocenters. The van der Waals surface area contributed by atoms with E-state index >= 15 is 0 Å². The van der Waals surface area contributed by atoms with Crippen LogP contribution in [0.15, 0.2) is 0 Å². The van der Waals surface area contributed by atoms with Crippen LogP contribution in [0.25, 0.3) is 0 Å². The molecule has 0 heterocycles. The van der Waals surface area contributed by atoms with E-state index in [-0.39, 0.29) is 0 Å². The average Bonchev–Trinajstić information content (AvgIpc) is 2.59. The lowest BCUT2D eigenvalue weighted by Crippen LogP contribution is -2.05. The lowest BCUT2D eigenvalue weighted by atomic mass is 9.87. The molecule has 0 N–H and O–H groups in total. The van der Waals surface area contributed by atoms with Gasteiger partial charge in [-0.05, 0) is 17.8 Å². The summed E-state index contributed by atoms with van der Waals surface area (Å²) in [5, 5.41) is 0. The Kier molecular flexibility index (Phi) is 18.4. The van der Waals surface area contributed by atoms with Crippen molar-refractivity contribution in [3.63, 3.8) is 0 Å². The van der Waals surface area contributed by atoms with E-state index in [0.29, 0.717) is 5.41 Å². The van der Waals surface area contributed by atoms with Gasteiger partial charge in [0.05, 0.1) is 0 Å². The third-order valence-electron chi connectivity index (χ3n) is 5.97. The quantitative estimate of drug-likeness (QED) is 0.199. The van der Waals surface area contributed by atoms with Gasteiger partial charge in [-0.1, -0.05) is 150 Å². The molecule has 0 saturated carbocycles. The maximum atomic E-state index is 2.38. The van der Waals surface area contributed by atoms with Gasteiger partial charge in [0.2, 0.25) is 0 Å². The predicted molar refractivity (Wildman–Crippen MR) is 122 cm³/mol. The van der Waals surface area contributed by atoms with Crippen LogP contribution in [0.2, 0.25) is 0 Å². The van der Waals surface area contributed by atoms with Crippen LogP contribution in [0.4, 0.5) is 0 Å². The maximum absolute atomic E-state index is 2.38. The molecule has 0 aliphatic heterocycles. The van der Waals surface area contributed by atoms with Crippen molar-refractivity contribution in [1.82, 2.24) is 0 Å². The van der Waals surface area contributed by atoms with Crippen molar-refractivity contribution < 1.29 is 0 Å². The number of hydrogen-bond acceptors (Lipinski definition) is 0. The summed E-state index contributed by atoms with van der Waals surface area (Å²) in [6.45, 7) is 11.8. The Labute approximate surface area is 168 Å². The van der Waals surface area contributed by atoms with E-state index in [1.54, 1.807) is 0 Å². The lowest BCUT2D eigenvalue weighted by Gasteiger charge is -2.19. The van der Waals surface area contributed by atoms with E-state index in [2.05, 4.69) is 34.6 Å². The number of hydrogen-bond donors (Lipinski definition) is 0. The normalized spacial score (nSPS) is 13.3. The highest BCUT2D eigenvalue weighted by Gasteiger charge is 2.11. The SMILES string of the molecule is CCCCCCCCCCC(CCCCCC)CCCCCC(C)(C)C. The first-order valence-electron chi connectivity index (χ1n) is 12.5. The molecule has 0 aromatic carbocycles. The monoisotopic (exact) mass is 366 g/mol. The molecule has 0 amide bonds. The minimum atomic E-state index is 0.524. The Hall–Kier alpha value is 0. The minimum absolute atomic E-state index is 0.524. The molecule has 0 nitrogen and oxygen atoms in total. The topological polar surface area (TPSA) is 0 Å². The molecule has 0 aliphatic carbocycles. The molecule has 0 rings (SSSR count). The van der Waals surface area contributed by atoms with E-state index in [9.17, 15) is 0 Å². The number of unbranched alkanes of at least 4 members (excludes halogenated alkanes) is 12. The summed E-state index contributed by atoms with van der Waals surface area (Å²) in [6, 6.07) is 0. The van der Waals surface area contributed by atoms with Crippen LogP contribution in [0, 0.1) is 11.3 Å². The molecule has 0 fully saturated rings. The Morgan fingerprint density at radius 1 is 0.462 bits per heavy atom. The maximum Gasteiger partial charge on any atom is -0.0383 e. The van der Waals surface area contributed by atoms with Gasteiger partial charge in [-0.2, -0.15) is 0 Å². The summed E-state index contributed by atoms with van der Waals surface area (Å²) in [6.07, 6.45) is 27.8.